The first kappa shape index (κ1) is 15.1. The van der Waals surface area contributed by atoms with Crippen LogP contribution in [0.5, 0.6) is 0 Å². The van der Waals surface area contributed by atoms with Gasteiger partial charge in [-0.3, -0.25) is 0 Å². The Morgan fingerprint density at radius 2 is 1.95 bits per heavy atom. The molecule has 1 aromatic heterocycles. The van der Waals surface area contributed by atoms with E-state index < -0.39 is 17.7 Å². The van der Waals surface area contributed by atoms with Crippen molar-refractivity contribution in [2.24, 2.45) is 7.05 Å². The summed E-state index contributed by atoms with van der Waals surface area (Å²) in [4.78, 5) is 16.9. The van der Waals surface area contributed by atoms with Gasteiger partial charge < -0.3 is 14.2 Å². The largest absolute Gasteiger partial charge is 0.463 e. The lowest BCUT2D eigenvalue weighted by molar-refractivity contribution is -0.136. The average molecular weight is 301 g/mol. The predicted molar refractivity (Wildman–Crippen MR) is 71.4 cm³/mol. The number of alkyl halides is 3. The molecule has 0 aliphatic heterocycles. The second-order valence-electron chi connectivity index (χ2n) is 4.74. The second-order valence-corrected chi connectivity index (χ2v) is 4.74. The van der Waals surface area contributed by atoms with Crippen molar-refractivity contribution in [1.82, 2.24) is 9.55 Å². The smallest absolute Gasteiger partial charge is 0.418 e. The van der Waals surface area contributed by atoms with Crippen LogP contribution in [-0.4, -0.2) is 36.7 Å². The molecule has 0 unspecified atom stereocenters. The first-order valence-corrected chi connectivity index (χ1v) is 6.00. The molecule has 0 saturated carbocycles. The summed E-state index contributed by atoms with van der Waals surface area (Å²) in [5.41, 5.74) is -0.561. The fourth-order valence-corrected chi connectivity index (χ4v) is 2.02. The van der Waals surface area contributed by atoms with Crippen molar-refractivity contribution in [3.63, 3.8) is 0 Å². The van der Waals surface area contributed by atoms with Crippen molar-refractivity contribution in [2.75, 3.05) is 26.1 Å². The Morgan fingerprint density at radius 3 is 2.43 bits per heavy atom. The van der Waals surface area contributed by atoms with Gasteiger partial charge >= 0.3 is 12.1 Å². The van der Waals surface area contributed by atoms with E-state index in [9.17, 15) is 18.0 Å². The molecule has 0 fully saturated rings. The number of rotatable bonds is 2. The standard InChI is InChI=1S/C13H14F3N3O2/c1-18(2)7-5-8(13(14,15)16)10-9(6-7)19(3)11(17-10)12(20)21-4/h5-6H,1-4H3. The van der Waals surface area contributed by atoms with Crippen molar-refractivity contribution >= 4 is 22.7 Å². The highest BCUT2D eigenvalue weighted by atomic mass is 19.4. The van der Waals surface area contributed by atoms with Gasteiger partial charge in [0.15, 0.2) is 0 Å². The zero-order valence-electron chi connectivity index (χ0n) is 11.9. The number of carbonyl (C=O) groups excluding carboxylic acids is 1. The molecule has 21 heavy (non-hydrogen) atoms. The van der Waals surface area contributed by atoms with E-state index in [1.165, 1.54) is 11.6 Å². The van der Waals surface area contributed by atoms with E-state index in [4.69, 9.17) is 0 Å². The Balaban J connectivity index is 2.85. The normalized spacial score (nSPS) is 11.8. The fraction of sp³-hybridized carbons (Fsp3) is 0.385. The van der Waals surface area contributed by atoms with Crippen molar-refractivity contribution in [2.45, 2.75) is 6.18 Å². The summed E-state index contributed by atoms with van der Waals surface area (Å²) in [6.45, 7) is 0. The van der Waals surface area contributed by atoms with Gasteiger partial charge in [0.05, 0.1) is 18.2 Å². The highest BCUT2D eigenvalue weighted by Gasteiger charge is 2.35. The number of hydrogen-bond donors (Lipinski definition) is 0. The lowest BCUT2D eigenvalue weighted by atomic mass is 10.1. The number of ether oxygens (including phenoxy) is 1. The van der Waals surface area contributed by atoms with Gasteiger partial charge in [-0.25, -0.2) is 9.78 Å². The van der Waals surface area contributed by atoms with Gasteiger partial charge in [-0.15, -0.1) is 0 Å². The van der Waals surface area contributed by atoms with Gasteiger partial charge in [0.2, 0.25) is 5.82 Å². The third kappa shape index (κ3) is 2.53. The molecule has 0 amide bonds. The minimum atomic E-state index is -4.56. The highest BCUT2D eigenvalue weighted by Crippen LogP contribution is 2.37. The molecule has 1 heterocycles. The first-order chi connectivity index (χ1) is 9.66. The topological polar surface area (TPSA) is 47.4 Å². The van der Waals surface area contributed by atoms with Gasteiger partial charge in [0.25, 0.3) is 0 Å². The minimum Gasteiger partial charge on any atom is -0.463 e. The van der Waals surface area contributed by atoms with E-state index in [1.807, 2.05) is 0 Å². The molecule has 2 rings (SSSR count). The van der Waals surface area contributed by atoms with E-state index in [2.05, 4.69) is 9.72 Å². The van der Waals surface area contributed by atoms with Crippen LogP contribution in [-0.2, 0) is 18.0 Å². The SMILES string of the molecule is COC(=O)c1nc2c(C(F)(F)F)cc(N(C)C)cc2n1C. The molecule has 0 spiro atoms. The molecular formula is C13H14F3N3O2. The molecule has 0 aliphatic rings. The minimum absolute atomic E-state index is 0.172. The number of nitrogens with zero attached hydrogens (tertiary/aromatic N) is 3. The van der Waals surface area contributed by atoms with Crippen molar-refractivity contribution in [3.8, 4) is 0 Å². The number of methoxy groups -OCH3 is 1. The maximum Gasteiger partial charge on any atom is 0.418 e. The lowest BCUT2D eigenvalue weighted by Gasteiger charge is -2.16. The third-order valence-electron chi connectivity index (χ3n) is 3.16. The maximum absolute atomic E-state index is 13.2. The number of halogens is 3. The van der Waals surface area contributed by atoms with E-state index in [0.717, 1.165) is 13.2 Å². The van der Waals surface area contributed by atoms with Gasteiger partial charge in [-0.05, 0) is 12.1 Å². The van der Waals surface area contributed by atoms with Gasteiger partial charge in [0.1, 0.15) is 5.52 Å². The van der Waals surface area contributed by atoms with Crippen LogP contribution in [0.2, 0.25) is 0 Å². The summed E-state index contributed by atoms with van der Waals surface area (Å²) in [6.07, 6.45) is -4.56. The van der Waals surface area contributed by atoms with Crippen LogP contribution in [0.4, 0.5) is 18.9 Å². The second kappa shape index (κ2) is 4.94. The molecule has 0 saturated heterocycles. The molecule has 0 N–H and O–H groups in total. The molecule has 0 radical (unpaired) electrons. The number of hydrogen-bond acceptors (Lipinski definition) is 4. The Labute approximate surface area is 118 Å². The average Bonchev–Trinajstić information content (AvgIpc) is 2.73. The van der Waals surface area contributed by atoms with E-state index in [1.54, 1.807) is 25.1 Å². The molecular weight excluding hydrogens is 287 g/mol. The summed E-state index contributed by atoms with van der Waals surface area (Å²) in [7, 11) is 5.90. The first-order valence-electron chi connectivity index (χ1n) is 6.00. The van der Waals surface area contributed by atoms with Crippen LogP contribution in [0.1, 0.15) is 16.2 Å². The van der Waals surface area contributed by atoms with Crippen LogP contribution in [0, 0.1) is 0 Å². The van der Waals surface area contributed by atoms with Gasteiger partial charge in [-0.1, -0.05) is 0 Å². The summed E-state index contributed by atoms with van der Waals surface area (Å²) >= 11 is 0. The monoisotopic (exact) mass is 301 g/mol. The molecule has 0 bridgehead atoms. The number of anilines is 1. The number of aryl methyl sites for hydroxylation is 1. The summed E-state index contributed by atoms with van der Waals surface area (Å²) in [5.74, 6) is -0.956. The zero-order valence-corrected chi connectivity index (χ0v) is 11.9. The molecule has 114 valence electrons. The molecule has 2 aromatic rings. The lowest BCUT2D eigenvalue weighted by Crippen LogP contribution is -2.12. The highest BCUT2D eigenvalue weighted by molar-refractivity contribution is 5.93. The van der Waals surface area contributed by atoms with Crippen LogP contribution in [0.25, 0.3) is 11.0 Å². The van der Waals surface area contributed by atoms with Crippen molar-refractivity contribution in [1.29, 1.82) is 0 Å². The van der Waals surface area contributed by atoms with Crippen molar-refractivity contribution in [3.05, 3.63) is 23.5 Å². The number of imidazole rings is 1. The summed E-state index contributed by atoms with van der Waals surface area (Å²) in [6, 6.07) is 2.56. The number of fused-ring (bicyclic) bond motifs is 1. The van der Waals surface area contributed by atoms with E-state index in [-0.39, 0.29) is 16.9 Å². The summed E-state index contributed by atoms with van der Waals surface area (Å²) < 4.78 is 45.4. The van der Waals surface area contributed by atoms with Gasteiger partial charge in [0, 0.05) is 26.8 Å². The number of esters is 1. The van der Waals surface area contributed by atoms with Crippen LogP contribution in [0.15, 0.2) is 12.1 Å². The number of benzene rings is 1. The van der Waals surface area contributed by atoms with E-state index >= 15 is 0 Å². The third-order valence-corrected chi connectivity index (χ3v) is 3.16. The predicted octanol–water partition coefficient (Wildman–Crippen LogP) is 2.44. The van der Waals surface area contributed by atoms with Gasteiger partial charge in [-0.2, -0.15) is 13.2 Å². The van der Waals surface area contributed by atoms with Crippen LogP contribution < -0.4 is 4.90 Å². The van der Waals surface area contributed by atoms with E-state index in [0.29, 0.717) is 5.69 Å². The quantitative estimate of drug-likeness (QED) is 0.799. The molecule has 5 nitrogen and oxygen atoms in total. The molecule has 8 heteroatoms. The maximum atomic E-state index is 13.2. The Morgan fingerprint density at radius 1 is 1.33 bits per heavy atom. The summed E-state index contributed by atoms with van der Waals surface area (Å²) in [5, 5.41) is 0. The molecule has 1 aromatic carbocycles. The molecule has 0 atom stereocenters. The Bertz CT molecular complexity index is 705. The zero-order chi connectivity index (χ0) is 15.9. The number of carbonyl (C=O) groups is 1. The Kier molecular flexibility index (Phi) is 3.56. The Hall–Kier alpha value is -2.25. The van der Waals surface area contributed by atoms with Crippen LogP contribution in [0.3, 0.4) is 0 Å². The number of aromatic nitrogens is 2. The van der Waals surface area contributed by atoms with Crippen LogP contribution >= 0.6 is 0 Å². The molecule has 0 aliphatic carbocycles. The van der Waals surface area contributed by atoms with Crippen molar-refractivity contribution < 1.29 is 22.7 Å². The fourth-order valence-electron chi connectivity index (χ4n) is 2.02.